The standard InChI is InChI=1S/C15H13ClN2OS/c1-9-4-3-5-11(16)14(9)18-15-17-12-7-6-10(19-2)8-13(12)20-15/h3-8H,1-2H3,(H,17,18). The summed E-state index contributed by atoms with van der Waals surface area (Å²) in [7, 11) is 1.66. The number of nitrogens with one attached hydrogen (secondary N) is 1. The zero-order valence-electron chi connectivity index (χ0n) is 11.1. The molecule has 0 unspecified atom stereocenters. The predicted octanol–water partition coefficient (Wildman–Crippen LogP) is 5.01. The molecular formula is C15H13ClN2OS. The number of nitrogens with zero attached hydrogens (tertiary/aromatic N) is 1. The summed E-state index contributed by atoms with van der Waals surface area (Å²) in [6.07, 6.45) is 0. The lowest BCUT2D eigenvalue weighted by atomic mass is 10.2. The number of hydrogen-bond acceptors (Lipinski definition) is 4. The number of aryl methyl sites for hydroxylation is 1. The van der Waals surface area contributed by atoms with Crippen molar-refractivity contribution in [2.75, 3.05) is 12.4 Å². The third-order valence-electron chi connectivity index (χ3n) is 3.05. The van der Waals surface area contributed by atoms with Crippen LogP contribution < -0.4 is 10.1 Å². The molecule has 0 atom stereocenters. The Hall–Kier alpha value is -1.78. The molecule has 0 aliphatic heterocycles. The van der Waals surface area contributed by atoms with Crippen LogP contribution in [0.5, 0.6) is 5.75 Å². The number of rotatable bonds is 3. The number of thiazole rings is 1. The molecule has 0 radical (unpaired) electrons. The minimum atomic E-state index is 0.696. The van der Waals surface area contributed by atoms with Crippen molar-refractivity contribution in [3.8, 4) is 5.75 Å². The number of benzene rings is 2. The minimum Gasteiger partial charge on any atom is -0.497 e. The van der Waals surface area contributed by atoms with E-state index in [2.05, 4.69) is 10.3 Å². The van der Waals surface area contributed by atoms with Crippen molar-refractivity contribution < 1.29 is 4.74 Å². The van der Waals surface area contributed by atoms with Crippen molar-refractivity contribution in [3.05, 3.63) is 47.0 Å². The van der Waals surface area contributed by atoms with Crippen LogP contribution in [-0.4, -0.2) is 12.1 Å². The summed E-state index contributed by atoms with van der Waals surface area (Å²) in [5, 5.41) is 4.82. The van der Waals surface area contributed by atoms with Gasteiger partial charge in [0.05, 0.1) is 28.0 Å². The van der Waals surface area contributed by atoms with Crippen molar-refractivity contribution in [2.24, 2.45) is 0 Å². The van der Waals surface area contributed by atoms with Gasteiger partial charge in [0.1, 0.15) is 5.75 Å². The molecule has 1 heterocycles. The van der Waals surface area contributed by atoms with Gasteiger partial charge in [-0.2, -0.15) is 0 Å². The van der Waals surface area contributed by atoms with E-state index in [9.17, 15) is 0 Å². The van der Waals surface area contributed by atoms with Gasteiger partial charge in [-0.3, -0.25) is 0 Å². The van der Waals surface area contributed by atoms with Gasteiger partial charge in [0.15, 0.2) is 5.13 Å². The molecule has 3 nitrogen and oxygen atoms in total. The molecule has 0 fully saturated rings. The molecular weight excluding hydrogens is 292 g/mol. The summed E-state index contributed by atoms with van der Waals surface area (Å²) >= 11 is 7.80. The Kier molecular flexibility index (Phi) is 3.51. The highest BCUT2D eigenvalue weighted by atomic mass is 35.5. The van der Waals surface area contributed by atoms with E-state index in [1.807, 2.05) is 43.3 Å². The molecule has 0 amide bonds. The first-order chi connectivity index (χ1) is 9.67. The molecule has 0 saturated carbocycles. The molecule has 1 aromatic heterocycles. The highest BCUT2D eigenvalue weighted by molar-refractivity contribution is 7.22. The van der Waals surface area contributed by atoms with Crippen LogP contribution in [0.15, 0.2) is 36.4 Å². The number of para-hydroxylation sites is 1. The summed E-state index contributed by atoms with van der Waals surface area (Å²) in [6, 6.07) is 11.7. The Bertz CT molecular complexity index is 749. The van der Waals surface area contributed by atoms with E-state index in [4.69, 9.17) is 16.3 Å². The number of fused-ring (bicyclic) bond motifs is 1. The number of methoxy groups -OCH3 is 1. The molecule has 2 aromatic carbocycles. The second kappa shape index (κ2) is 5.31. The number of hydrogen-bond donors (Lipinski definition) is 1. The van der Waals surface area contributed by atoms with Crippen LogP contribution in [0.4, 0.5) is 10.8 Å². The number of anilines is 2. The Labute approximate surface area is 126 Å². The fourth-order valence-corrected chi connectivity index (χ4v) is 3.15. The normalized spacial score (nSPS) is 10.8. The first-order valence-electron chi connectivity index (χ1n) is 6.14. The van der Waals surface area contributed by atoms with Gasteiger partial charge in [0, 0.05) is 0 Å². The number of ether oxygens (including phenoxy) is 1. The molecule has 5 heteroatoms. The van der Waals surface area contributed by atoms with Crippen LogP contribution >= 0.6 is 22.9 Å². The summed E-state index contributed by atoms with van der Waals surface area (Å²) in [5.41, 5.74) is 2.94. The second-order valence-corrected chi connectivity index (χ2v) is 5.85. The first kappa shape index (κ1) is 13.2. The third-order valence-corrected chi connectivity index (χ3v) is 4.30. The maximum absolute atomic E-state index is 6.22. The van der Waals surface area contributed by atoms with Gasteiger partial charge in [-0.25, -0.2) is 4.98 Å². The van der Waals surface area contributed by atoms with Crippen molar-refractivity contribution in [2.45, 2.75) is 6.92 Å². The van der Waals surface area contributed by atoms with Crippen molar-refractivity contribution in [3.63, 3.8) is 0 Å². The molecule has 0 bridgehead atoms. The van der Waals surface area contributed by atoms with Crippen LogP contribution in [0.1, 0.15) is 5.56 Å². The predicted molar refractivity (Wildman–Crippen MR) is 85.6 cm³/mol. The monoisotopic (exact) mass is 304 g/mol. The maximum atomic E-state index is 6.22. The van der Waals surface area contributed by atoms with Crippen LogP contribution in [0.3, 0.4) is 0 Å². The SMILES string of the molecule is COc1ccc2nc(Nc3c(C)cccc3Cl)sc2c1. The van der Waals surface area contributed by atoms with Crippen molar-refractivity contribution in [1.82, 2.24) is 4.98 Å². The van der Waals surface area contributed by atoms with Crippen LogP contribution in [0.25, 0.3) is 10.2 Å². The zero-order chi connectivity index (χ0) is 14.1. The fourth-order valence-electron chi connectivity index (χ4n) is 1.98. The lowest BCUT2D eigenvalue weighted by Crippen LogP contribution is -1.93. The summed E-state index contributed by atoms with van der Waals surface area (Å²) in [4.78, 5) is 4.56. The van der Waals surface area contributed by atoms with Crippen LogP contribution in [0, 0.1) is 6.92 Å². The van der Waals surface area contributed by atoms with Crippen LogP contribution in [-0.2, 0) is 0 Å². The Morgan fingerprint density at radius 3 is 2.85 bits per heavy atom. The van der Waals surface area contributed by atoms with Gasteiger partial charge in [-0.05, 0) is 36.8 Å². The molecule has 3 aromatic rings. The summed E-state index contributed by atoms with van der Waals surface area (Å²) < 4.78 is 6.31. The highest BCUT2D eigenvalue weighted by Gasteiger charge is 2.08. The van der Waals surface area contributed by atoms with Gasteiger partial charge in [0.2, 0.25) is 0 Å². The third kappa shape index (κ3) is 2.44. The van der Waals surface area contributed by atoms with Gasteiger partial charge in [0.25, 0.3) is 0 Å². The van der Waals surface area contributed by atoms with E-state index in [0.29, 0.717) is 5.02 Å². The molecule has 0 aliphatic carbocycles. The van der Waals surface area contributed by atoms with E-state index < -0.39 is 0 Å². The number of halogens is 1. The Morgan fingerprint density at radius 1 is 1.25 bits per heavy atom. The molecule has 0 saturated heterocycles. The topological polar surface area (TPSA) is 34.1 Å². The van der Waals surface area contributed by atoms with Gasteiger partial charge in [-0.15, -0.1) is 0 Å². The van der Waals surface area contributed by atoms with Crippen molar-refractivity contribution >= 4 is 44.0 Å². The fraction of sp³-hybridized carbons (Fsp3) is 0.133. The molecule has 3 rings (SSSR count). The smallest absolute Gasteiger partial charge is 0.188 e. The Morgan fingerprint density at radius 2 is 2.10 bits per heavy atom. The van der Waals surface area contributed by atoms with E-state index in [1.165, 1.54) is 0 Å². The Balaban J connectivity index is 1.99. The van der Waals surface area contributed by atoms with Crippen LogP contribution in [0.2, 0.25) is 5.02 Å². The first-order valence-corrected chi connectivity index (χ1v) is 7.33. The second-order valence-electron chi connectivity index (χ2n) is 4.41. The van der Waals surface area contributed by atoms with E-state index in [1.54, 1.807) is 18.4 Å². The van der Waals surface area contributed by atoms with E-state index >= 15 is 0 Å². The van der Waals surface area contributed by atoms with Gasteiger partial charge >= 0.3 is 0 Å². The maximum Gasteiger partial charge on any atom is 0.188 e. The van der Waals surface area contributed by atoms with Gasteiger partial charge < -0.3 is 10.1 Å². The average molecular weight is 305 g/mol. The molecule has 20 heavy (non-hydrogen) atoms. The van der Waals surface area contributed by atoms with Gasteiger partial charge in [-0.1, -0.05) is 35.1 Å². The highest BCUT2D eigenvalue weighted by Crippen LogP contribution is 2.34. The molecule has 0 spiro atoms. The summed E-state index contributed by atoms with van der Waals surface area (Å²) in [5.74, 6) is 0.835. The minimum absolute atomic E-state index is 0.696. The molecule has 0 aliphatic rings. The lowest BCUT2D eigenvalue weighted by molar-refractivity contribution is 0.415. The molecule has 1 N–H and O–H groups in total. The van der Waals surface area contributed by atoms with Crippen molar-refractivity contribution in [1.29, 1.82) is 0 Å². The average Bonchev–Trinajstić information content (AvgIpc) is 2.84. The quantitative estimate of drug-likeness (QED) is 0.738. The zero-order valence-corrected chi connectivity index (χ0v) is 12.7. The largest absolute Gasteiger partial charge is 0.497 e. The van der Waals surface area contributed by atoms with E-state index in [0.717, 1.165) is 32.3 Å². The van der Waals surface area contributed by atoms with E-state index in [-0.39, 0.29) is 0 Å². The molecule has 102 valence electrons. The summed E-state index contributed by atoms with van der Waals surface area (Å²) in [6.45, 7) is 2.02. The lowest BCUT2D eigenvalue weighted by Gasteiger charge is -2.08. The number of aromatic nitrogens is 1.